The average Bonchev–Trinajstić information content (AvgIpc) is 2.43. The number of aromatic nitrogens is 3. The number of hydrogen-bond donors (Lipinski definition) is 1. The molecule has 2 aromatic rings. The van der Waals surface area contributed by atoms with Gasteiger partial charge >= 0.3 is 0 Å². The van der Waals surface area contributed by atoms with Crippen LogP contribution in [-0.2, 0) is 6.54 Å². The van der Waals surface area contributed by atoms with Crippen molar-refractivity contribution >= 4 is 5.82 Å². The zero-order valence-electron chi connectivity index (χ0n) is 14.8. The highest BCUT2D eigenvalue weighted by atomic mass is 16.5. The summed E-state index contributed by atoms with van der Waals surface area (Å²) in [5.41, 5.74) is 1.81. The Kier molecular flexibility index (Phi) is 5.19. The second-order valence-electron chi connectivity index (χ2n) is 6.98. The van der Waals surface area contributed by atoms with E-state index in [2.05, 4.69) is 34.1 Å². The fourth-order valence-corrected chi connectivity index (χ4v) is 2.06. The molecule has 0 saturated carbocycles. The predicted octanol–water partition coefficient (Wildman–Crippen LogP) is 4.09. The molecule has 124 valence electrons. The smallest absolute Gasteiger partial charge is 0.214 e. The van der Waals surface area contributed by atoms with E-state index < -0.39 is 0 Å². The molecule has 0 amide bonds. The van der Waals surface area contributed by atoms with E-state index in [-0.39, 0.29) is 5.60 Å². The fourth-order valence-electron chi connectivity index (χ4n) is 2.06. The molecule has 2 rings (SSSR count). The van der Waals surface area contributed by atoms with Crippen molar-refractivity contribution in [3.8, 4) is 5.88 Å². The fraction of sp³-hybridized carbons (Fsp3) is 0.500. The molecule has 0 fully saturated rings. The molecule has 0 spiro atoms. The largest absolute Gasteiger partial charge is 0.472 e. The number of nitrogens with one attached hydrogen (secondary N) is 1. The van der Waals surface area contributed by atoms with Crippen molar-refractivity contribution in [2.75, 3.05) is 5.32 Å². The lowest BCUT2D eigenvalue weighted by Crippen LogP contribution is -2.23. The van der Waals surface area contributed by atoms with E-state index in [4.69, 9.17) is 4.74 Å². The quantitative estimate of drug-likeness (QED) is 0.900. The normalized spacial score (nSPS) is 11.6. The Bertz CT molecular complexity index is 662. The van der Waals surface area contributed by atoms with Crippen LogP contribution in [0.4, 0.5) is 5.82 Å². The number of aryl methyl sites for hydroxylation is 1. The predicted molar refractivity (Wildman–Crippen MR) is 92.8 cm³/mol. The summed E-state index contributed by atoms with van der Waals surface area (Å²) in [6.07, 6.45) is 1.77. The number of rotatable bonds is 5. The first-order valence-corrected chi connectivity index (χ1v) is 7.96. The topological polar surface area (TPSA) is 59.9 Å². The van der Waals surface area contributed by atoms with Gasteiger partial charge in [0.05, 0.1) is 0 Å². The minimum atomic E-state index is -0.255. The summed E-state index contributed by atoms with van der Waals surface area (Å²) < 4.78 is 5.80. The van der Waals surface area contributed by atoms with Crippen molar-refractivity contribution in [1.82, 2.24) is 15.0 Å². The van der Waals surface area contributed by atoms with E-state index in [1.807, 2.05) is 45.9 Å². The van der Waals surface area contributed by atoms with Gasteiger partial charge in [0.2, 0.25) is 5.88 Å². The zero-order valence-corrected chi connectivity index (χ0v) is 14.8. The van der Waals surface area contributed by atoms with Crippen molar-refractivity contribution in [3.05, 3.63) is 41.5 Å². The minimum Gasteiger partial charge on any atom is -0.472 e. The summed E-state index contributed by atoms with van der Waals surface area (Å²) in [6.45, 7) is 12.9. The molecule has 2 aromatic heterocycles. The maximum absolute atomic E-state index is 5.80. The van der Waals surface area contributed by atoms with Crippen LogP contribution in [0.15, 0.2) is 24.4 Å². The van der Waals surface area contributed by atoms with Crippen LogP contribution in [0.25, 0.3) is 0 Å². The molecular formula is C18H26N4O. The molecular weight excluding hydrogens is 288 g/mol. The Morgan fingerprint density at radius 1 is 1.17 bits per heavy atom. The third kappa shape index (κ3) is 5.51. The molecule has 23 heavy (non-hydrogen) atoms. The van der Waals surface area contributed by atoms with Crippen LogP contribution in [0.1, 0.15) is 57.6 Å². The Morgan fingerprint density at radius 2 is 1.91 bits per heavy atom. The number of hydrogen-bond acceptors (Lipinski definition) is 5. The molecule has 0 saturated heterocycles. The maximum Gasteiger partial charge on any atom is 0.214 e. The van der Waals surface area contributed by atoms with Crippen molar-refractivity contribution in [1.29, 1.82) is 0 Å². The van der Waals surface area contributed by atoms with Crippen LogP contribution in [-0.4, -0.2) is 20.6 Å². The van der Waals surface area contributed by atoms with Crippen molar-refractivity contribution in [2.24, 2.45) is 0 Å². The Balaban J connectivity index is 2.08. The van der Waals surface area contributed by atoms with Crippen LogP contribution >= 0.6 is 0 Å². The van der Waals surface area contributed by atoms with Gasteiger partial charge in [-0.25, -0.2) is 15.0 Å². The van der Waals surface area contributed by atoms with Gasteiger partial charge in [0.1, 0.15) is 17.2 Å². The van der Waals surface area contributed by atoms with Gasteiger partial charge in [-0.2, -0.15) is 0 Å². The highest BCUT2D eigenvalue weighted by molar-refractivity contribution is 5.37. The molecule has 0 aliphatic rings. The van der Waals surface area contributed by atoms with Gasteiger partial charge < -0.3 is 10.1 Å². The molecule has 5 heteroatoms. The van der Waals surface area contributed by atoms with Gasteiger partial charge in [-0.15, -0.1) is 0 Å². The molecule has 1 N–H and O–H groups in total. The van der Waals surface area contributed by atoms with Gasteiger partial charge in [-0.05, 0) is 39.3 Å². The van der Waals surface area contributed by atoms with E-state index in [9.17, 15) is 0 Å². The molecule has 5 nitrogen and oxygen atoms in total. The first-order chi connectivity index (χ1) is 10.7. The summed E-state index contributed by atoms with van der Waals surface area (Å²) >= 11 is 0. The molecule has 0 unspecified atom stereocenters. The van der Waals surface area contributed by atoms with Gasteiger partial charge in [0, 0.05) is 36.5 Å². The van der Waals surface area contributed by atoms with Crippen LogP contribution in [0.5, 0.6) is 5.88 Å². The Morgan fingerprint density at radius 3 is 2.57 bits per heavy atom. The van der Waals surface area contributed by atoms with Crippen molar-refractivity contribution in [3.63, 3.8) is 0 Å². The number of anilines is 1. The second kappa shape index (κ2) is 6.94. The Labute approximate surface area is 138 Å². The van der Waals surface area contributed by atoms with Gasteiger partial charge in [0.25, 0.3) is 0 Å². The third-order valence-corrected chi connectivity index (χ3v) is 3.07. The first kappa shape index (κ1) is 17.2. The summed E-state index contributed by atoms with van der Waals surface area (Å²) in [7, 11) is 0. The third-order valence-electron chi connectivity index (χ3n) is 3.07. The molecule has 0 radical (unpaired) electrons. The van der Waals surface area contributed by atoms with E-state index in [1.54, 1.807) is 6.20 Å². The second-order valence-corrected chi connectivity index (χ2v) is 6.98. The van der Waals surface area contributed by atoms with Gasteiger partial charge in [-0.3, -0.25) is 0 Å². The lowest BCUT2D eigenvalue weighted by Gasteiger charge is -2.20. The van der Waals surface area contributed by atoms with Crippen LogP contribution in [0, 0.1) is 6.92 Å². The number of nitrogens with zero attached hydrogens (tertiary/aromatic N) is 3. The van der Waals surface area contributed by atoms with Crippen LogP contribution in [0.3, 0.4) is 0 Å². The average molecular weight is 314 g/mol. The van der Waals surface area contributed by atoms with E-state index in [0.717, 1.165) is 22.9 Å². The summed E-state index contributed by atoms with van der Waals surface area (Å²) in [5, 5.41) is 3.35. The lowest BCUT2D eigenvalue weighted by atomic mass is 10.2. The van der Waals surface area contributed by atoms with Crippen LogP contribution < -0.4 is 10.1 Å². The SMILES string of the molecule is Cc1cc(NCc2ccnc(OC(C)(C)C)c2)nc(C(C)C)n1. The molecule has 0 aliphatic carbocycles. The van der Waals surface area contributed by atoms with Gasteiger partial charge in [-0.1, -0.05) is 13.8 Å². The first-order valence-electron chi connectivity index (χ1n) is 7.96. The highest BCUT2D eigenvalue weighted by Crippen LogP contribution is 2.18. The number of ether oxygens (including phenoxy) is 1. The maximum atomic E-state index is 5.80. The molecule has 0 bridgehead atoms. The van der Waals surface area contributed by atoms with E-state index >= 15 is 0 Å². The van der Waals surface area contributed by atoms with Crippen LogP contribution in [0.2, 0.25) is 0 Å². The highest BCUT2D eigenvalue weighted by Gasteiger charge is 2.13. The summed E-state index contributed by atoms with van der Waals surface area (Å²) in [5.74, 6) is 2.65. The lowest BCUT2D eigenvalue weighted by molar-refractivity contribution is 0.124. The van der Waals surface area contributed by atoms with E-state index in [0.29, 0.717) is 18.3 Å². The van der Waals surface area contributed by atoms with E-state index in [1.165, 1.54) is 0 Å². The molecule has 2 heterocycles. The number of pyridine rings is 1. The Hall–Kier alpha value is -2.17. The molecule has 0 atom stereocenters. The van der Waals surface area contributed by atoms with Crippen molar-refractivity contribution < 1.29 is 4.74 Å². The zero-order chi connectivity index (χ0) is 17.0. The molecule has 0 aromatic carbocycles. The monoisotopic (exact) mass is 314 g/mol. The minimum absolute atomic E-state index is 0.255. The summed E-state index contributed by atoms with van der Waals surface area (Å²) in [4.78, 5) is 13.3. The molecule has 0 aliphatic heterocycles. The van der Waals surface area contributed by atoms with Gasteiger partial charge in [0.15, 0.2) is 0 Å². The summed E-state index contributed by atoms with van der Waals surface area (Å²) in [6, 6.07) is 5.88. The van der Waals surface area contributed by atoms with Crippen molar-refractivity contribution in [2.45, 2.75) is 59.6 Å². The standard InChI is InChI=1S/C18H26N4O/c1-12(2)17-21-13(3)9-15(22-17)20-11-14-7-8-19-16(10-14)23-18(4,5)6/h7-10,12H,11H2,1-6H3,(H,20,21,22).